The summed E-state index contributed by atoms with van der Waals surface area (Å²) in [7, 11) is 0. The lowest BCUT2D eigenvalue weighted by atomic mass is 10.1. The van der Waals surface area contributed by atoms with Crippen LogP contribution >= 0.6 is 11.8 Å². The second-order valence-electron chi connectivity index (χ2n) is 7.72. The number of thioether (sulfide) groups is 1. The van der Waals surface area contributed by atoms with Crippen LogP contribution in [0.25, 0.3) is 17.1 Å². The first-order chi connectivity index (χ1) is 17.2. The summed E-state index contributed by atoms with van der Waals surface area (Å²) in [5.74, 6) is 1.78. The first-order valence-corrected chi connectivity index (χ1v) is 12.1. The Morgan fingerprint density at radius 2 is 1.77 bits per heavy atom. The predicted molar refractivity (Wildman–Crippen MR) is 129 cm³/mol. The molecular weight excluding hydrogens is 469 g/mol. The summed E-state index contributed by atoms with van der Waals surface area (Å²) in [4.78, 5) is 16.6. The highest BCUT2D eigenvalue weighted by molar-refractivity contribution is 7.99. The predicted octanol–water partition coefficient (Wildman–Crippen LogP) is 3.69. The highest BCUT2D eigenvalue weighted by Crippen LogP contribution is 2.31. The topological polar surface area (TPSA) is 91.2 Å². The van der Waals surface area contributed by atoms with Crippen molar-refractivity contribution in [3.05, 3.63) is 78.4 Å². The van der Waals surface area contributed by atoms with E-state index in [4.69, 9.17) is 9.47 Å². The summed E-state index contributed by atoms with van der Waals surface area (Å²) in [6.07, 6.45) is 4.01. The Hall–Kier alpha value is -3.92. The number of hydrogen-bond acceptors (Lipinski definition) is 7. The van der Waals surface area contributed by atoms with Crippen molar-refractivity contribution >= 4 is 17.7 Å². The van der Waals surface area contributed by atoms with Crippen molar-refractivity contribution in [2.24, 2.45) is 0 Å². The van der Waals surface area contributed by atoms with Crippen LogP contribution in [0.5, 0.6) is 11.5 Å². The molecule has 2 aromatic heterocycles. The van der Waals surface area contributed by atoms with E-state index in [9.17, 15) is 9.18 Å². The fraction of sp³-hybridized carbons (Fsp3) is 0.200. The van der Waals surface area contributed by atoms with Gasteiger partial charge in [-0.2, -0.15) is 0 Å². The number of fused-ring (bicyclic) bond motifs is 1. The standard InChI is InChI=1S/C25H22FN5O3S/c26-19-2-4-20(5-3-19)31-24(18-8-10-27-11-9-18)29-30-25(31)35-16-23(32)28-12-7-17-1-6-21-22(15-17)34-14-13-33-21/h1-6,8-11,15H,7,12-14,16H2,(H,28,32). The number of aromatic nitrogens is 4. The Morgan fingerprint density at radius 1 is 1.00 bits per heavy atom. The minimum Gasteiger partial charge on any atom is -0.486 e. The zero-order valence-corrected chi connectivity index (χ0v) is 19.5. The lowest BCUT2D eigenvalue weighted by Gasteiger charge is -2.18. The summed E-state index contributed by atoms with van der Waals surface area (Å²) in [5, 5.41) is 12.1. The molecule has 5 rings (SSSR count). The molecule has 0 aliphatic carbocycles. The van der Waals surface area contributed by atoms with Gasteiger partial charge in [-0.3, -0.25) is 14.3 Å². The highest BCUT2D eigenvalue weighted by Gasteiger charge is 2.17. The Balaban J connectivity index is 1.23. The summed E-state index contributed by atoms with van der Waals surface area (Å²) < 4.78 is 26.5. The van der Waals surface area contributed by atoms with Crippen LogP contribution in [0, 0.1) is 5.82 Å². The molecule has 1 amide bonds. The summed E-state index contributed by atoms with van der Waals surface area (Å²) in [6.45, 7) is 1.58. The quantitative estimate of drug-likeness (QED) is 0.376. The molecule has 0 bridgehead atoms. The van der Waals surface area contributed by atoms with Crippen LogP contribution in [0.2, 0.25) is 0 Å². The molecule has 35 heavy (non-hydrogen) atoms. The lowest BCUT2D eigenvalue weighted by Crippen LogP contribution is -2.27. The fourth-order valence-corrected chi connectivity index (χ4v) is 4.43. The molecule has 8 nitrogen and oxygen atoms in total. The Kier molecular flexibility index (Phi) is 6.89. The average molecular weight is 492 g/mol. The van der Waals surface area contributed by atoms with Crippen LogP contribution < -0.4 is 14.8 Å². The minimum absolute atomic E-state index is 0.119. The second kappa shape index (κ2) is 10.6. The molecule has 4 aromatic rings. The van der Waals surface area contributed by atoms with Gasteiger partial charge in [-0.05, 0) is 60.5 Å². The van der Waals surface area contributed by atoms with Crippen LogP contribution in [0.3, 0.4) is 0 Å². The van der Waals surface area contributed by atoms with E-state index in [1.54, 1.807) is 24.5 Å². The minimum atomic E-state index is -0.334. The third kappa shape index (κ3) is 5.43. The SMILES string of the molecule is O=C(CSc1nnc(-c2ccncc2)n1-c1ccc(F)cc1)NCCc1ccc2c(c1)OCCO2. The van der Waals surface area contributed by atoms with Gasteiger partial charge in [-0.15, -0.1) is 10.2 Å². The molecule has 0 saturated carbocycles. The lowest BCUT2D eigenvalue weighted by molar-refractivity contribution is -0.118. The van der Waals surface area contributed by atoms with Crippen molar-refractivity contribution in [1.29, 1.82) is 0 Å². The molecule has 10 heteroatoms. The smallest absolute Gasteiger partial charge is 0.230 e. The van der Waals surface area contributed by atoms with Crippen molar-refractivity contribution in [1.82, 2.24) is 25.1 Å². The van der Waals surface area contributed by atoms with Gasteiger partial charge < -0.3 is 14.8 Å². The van der Waals surface area contributed by atoms with E-state index in [1.807, 2.05) is 34.9 Å². The van der Waals surface area contributed by atoms with Gasteiger partial charge in [-0.1, -0.05) is 17.8 Å². The molecule has 2 aromatic carbocycles. The van der Waals surface area contributed by atoms with Gasteiger partial charge in [0.25, 0.3) is 0 Å². The van der Waals surface area contributed by atoms with Gasteiger partial charge in [-0.25, -0.2) is 4.39 Å². The normalized spacial score (nSPS) is 12.4. The molecule has 0 radical (unpaired) electrons. The Morgan fingerprint density at radius 3 is 2.57 bits per heavy atom. The van der Waals surface area contributed by atoms with Crippen LogP contribution in [0.15, 0.2) is 72.1 Å². The number of benzene rings is 2. The van der Waals surface area contributed by atoms with Gasteiger partial charge in [0.2, 0.25) is 5.91 Å². The number of carbonyl (C=O) groups is 1. The van der Waals surface area contributed by atoms with Gasteiger partial charge in [0.15, 0.2) is 22.5 Å². The first-order valence-electron chi connectivity index (χ1n) is 11.1. The molecule has 0 fully saturated rings. The van der Waals surface area contributed by atoms with E-state index < -0.39 is 0 Å². The highest BCUT2D eigenvalue weighted by atomic mass is 32.2. The van der Waals surface area contributed by atoms with Crippen molar-refractivity contribution in [2.45, 2.75) is 11.6 Å². The number of amides is 1. The van der Waals surface area contributed by atoms with Gasteiger partial charge in [0.05, 0.1) is 5.75 Å². The van der Waals surface area contributed by atoms with Gasteiger partial charge in [0, 0.05) is 30.2 Å². The van der Waals surface area contributed by atoms with Crippen molar-refractivity contribution < 1.29 is 18.7 Å². The number of rotatable bonds is 8. The van der Waals surface area contributed by atoms with Crippen LogP contribution in [0.4, 0.5) is 4.39 Å². The number of hydrogen-bond donors (Lipinski definition) is 1. The molecule has 1 aliphatic rings. The second-order valence-corrected chi connectivity index (χ2v) is 8.66. The average Bonchev–Trinajstić information content (AvgIpc) is 3.32. The van der Waals surface area contributed by atoms with Crippen LogP contribution in [-0.4, -0.2) is 51.2 Å². The van der Waals surface area contributed by atoms with E-state index in [0.717, 1.165) is 22.6 Å². The van der Waals surface area contributed by atoms with Crippen molar-refractivity contribution in [2.75, 3.05) is 25.5 Å². The number of nitrogens with zero attached hydrogens (tertiary/aromatic N) is 4. The van der Waals surface area contributed by atoms with Gasteiger partial charge >= 0.3 is 0 Å². The van der Waals surface area contributed by atoms with E-state index in [-0.39, 0.29) is 17.5 Å². The zero-order chi connectivity index (χ0) is 24.0. The summed E-state index contributed by atoms with van der Waals surface area (Å²) >= 11 is 1.27. The summed E-state index contributed by atoms with van der Waals surface area (Å²) in [6, 6.07) is 15.5. The van der Waals surface area contributed by atoms with Gasteiger partial charge in [0.1, 0.15) is 19.0 Å². The van der Waals surface area contributed by atoms with E-state index in [1.165, 1.54) is 23.9 Å². The number of pyridine rings is 1. The zero-order valence-electron chi connectivity index (χ0n) is 18.7. The van der Waals surface area contributed by atoms with E-state index in [0.29, 0.717) is 42.8 Å². The third-order valence-corrected chi connectivity index (χ3v) is 6.26. The summed E-state index contributed by atoms with van der Waals surface area (Å²) in [5.41, 5.74) is 2.57. The molecule has 0 atom stereocenters. The maximum Gasteiger partial charge on any atom is 0.230 e. The number of ether oxygens (including phenoxy) is 2. The first kappa shape index (κ1) is 22.9. The number of halogens is 1. The molecule has 1 N–H and O–H groups in total. The maximum atomic E-state index is 13.5. The van der Waals surface area contributed by atoms with Crippen molar-refractivity contribution in [3.63, 3.8) is 0 Å². The van der Waals surface area contributed by atoms with Crippen molar-refractivity contribution in [3.8, 4) is 28.6 Å². The van der Waals surface area contributed by atoms with Crippen LogP contribution in [-0.2, 0) is 11.2 Å². The van der Waals surface area contributed by atoms with Crippen LogP contribution in [0.1, 0.15) is 5.56 Å². The van der Waals surface area contributed by atoms with E-state index >= 15 is 0 Å². The molecule has 0 spiro atoms. The monoisotopic (exact) mass is 491 g/mol. The molecule has 3 heterocycles. The molecule has 0 saturated heterocycles. The maximum absolute atomic E-state index is 13.5. The Bertz CT molecular complexity index is 1310. The molecular formula is C25H22FN5O3S. The number of carbonyl (C=O) groups excluding carboxylic acids is 1. The molecule has 178 valence electrons. The Labute approximate surface area is 205 Å². The van der Waals surface area contributed by atoms with E-state index in [2.05, 4.69) is 20.5 Å². The molecule has 0 unspecified atom stereocenters. The number of nitrogens with one attached hydrogen (secondary N) is 1. The molecule has 1 aliphatic heterocycles. The largest absolute Gasteiger partial charge is 0.486 e. The fourth-order valence-electron chi connectivity index (χ4n) is 3.64. The third-order valence-electron chi connectivity index (χ3n) is 5.33.